The van der Waals surface area contributed by atoms with Gasteiger partial charge in [-0.3, -0.25) is 4.79 Å². The Bertz CT molecular complexity index is 295. The van der Waals surface area contributed by atoms with Gasteiger partial charge in [-0.1, -0.05) is 34.1 Å². The van der Waals surface area contributed by atoms with Gasteiger partial charge in [0.1, 0.15) is 0 Å². The van der Waals surface area contributed by atoms with Crippen LogP contribution < -0.4 is 11.1 Å². The first-order valence-corrected chi connectivity index (χ1v) is 8.86. The van der Waals surface area contributed by atoms with Crippen molar-refractivity contribution in [2.24, 2.45) is 28.9 Å². The first-order chi connectivity index (χ1) is 9.88. The van der Waals surface area contributed by atoms with E-state index in [1.807, 2.05) is 0 Å². The van der Waals surface area contributed by atoms with Crippen molar-refractivity contribution in [3.05, 3.63) is 0 Å². The second-order valence-corrected chi connectivity index (χ2v) is 7.89. The molecule has 124 valence electrons. The Balaban J connectivity index is 2.33. The molecule has 0 saturated heterocycles. The van der Waals surface area contributed by atoms with Gasteiger partial charge in [0.25, 0.3) is 0 Å². The molecule has 1 unspecified atom stereocenters. The minimum absolute atomic E-state index is 0.240. The molecule has 0 spiro atoms. The molecule has 1 aliphatic rings. The van der Waals surface area contributed by atoms with Gasteiger partial charge in [0, 0.05) is 12.5 Å². The molecular weight excluding hydrogens is 260 g/mol. The maximum atomic E-state index is 12.3. The number of hydrogen-bond acceptors (Lipinski definition) is 2. The zero-order valence-corrected chi connectivity index (χ0v) is 14.6. The Hall–Kier alpha value is -0.570. The highest BCUT2D eigenvalue weighted by Crippen LogP contribution is 2.39. The molecule has 1 fully saturated rings. The second-order valence-electron chi connectivity index (χ2n) is 7.89. The first kappa shape index (κ1) is 18.5. The fraction of sp³-hybridized carbons (Fsp3) is 0.944. The van der Waals surface area contributed by atoms with Crippen LogP contribution in [-0.2, 0) is 4.79 Å². The lowest BCUT2D eigenvalue weighted by Crippen LogP contribution is -2.37. The SMILES string of the molecule is CCCC(CCN)CNC(=O)C1CCC(C(C)(C)C)CC1. The summed E-state index contributed by atoms with van der Waals surface area (Å²) in [5.41, 5.74) is 6.04. The number of amides is 1. The molecule has 0 heterocycles. The lowest BCUT2D eigenvalue weighted by Gasteiger charge is -2.36. The summed E-state index contributed by atoms with van der Waals surface area (Å²) in [4.78, 5) is 12.3. The van der Waals surface area contributed by atoms with E-state index in [0.29, 0.717) is 11.3 Å². The third-order valence-electron chi connectivity index (χ3n) is 5.16. The van der Waals surface area contributed by atoms with Crippen molar-refractivity contribution in [1.82, 2.24) is 5.32 Å². The van der Waals surface area contributed by atoms with Gasteiger partial charge in [-0.25, -0.2) is 0 Å². The largest absolute Gasteiger partial charge is 0.356 e. The monoisotopic (exact) mass is 296 g/mol. The van der Waals surface area contributed by atoms with Crippen molar-refractivity contribution < 1.29 is 4.79 Å². The van der Waals surface area contributed by atoms with E-state index in [4.69, 9.17) is 5.73 Å². The molecule has 21 heavy (non-hydrogen) atoms. The Morgan fingerprint density at radius 1 is 1.19 bits per heavy atom. The van der Waals surface area contributed by atoms with E-state index in [9.17, 15) is 4.79 Å². The van der Waals surface area contributed by atoms with Crippen LogP contribution in [0.1, 0.15) is 72.6 Å². The molecule has 0 bridgehead atoms. The predicted molar refractivity (Wildman–Crippen MR) is 90.0 cm³/mol. The summed E-state index contributed by atoms with van der Waals surface area (Å²) >= 11 is 0. The van der Waals surface area contributed by atoms with Crippen LogP contribution in [0.25, 0.3) is 0 Å². The lowest BCUT2D eigenvalue weighted by atomic mass is 9.69. The molecule has 3 heteroatoms. The number of hydrogen-bond donors (Lipinski definition) is 2. The van der Waals surface area contributed by atoms with Crippen molar-refractivity contribution in [3.63, 3.8) is 0 Å². The molecule has 1 rings (SSSR count). The van der Waals surface area contributed by atoms with Gasteiger partial charge in [0.05, 0.1) is 0 Å². The van der Waals surface area contributed by atoms with E-state index in [0.717, 1.165) is 51.1 Å². The molecule has 0 aromatic rings. The van der Waals surface area contributed by atoms with Crippen LogP contribution in [0.2, 0.25) is 0 Å². The Labute approximate surface area is 131 Å². The minimum atomic E-state index is 0.240. The van der Waals surface area contributed by atoms with Crippen LogP contribution in [-0.4, -0.2) is 19.0 Å². The van der Waals surface area contributed by atoms with E-state index in [1.54, 1.807) is 0 Å². The van der Waals surface area contributed by atoms with E-state index in [1.165, 1.54) is 12.8 Å². The van der Waals surface area contributed by atoms with Crippen LogP contribution in [0.5, 0.6) is 0 Å². The standard InChI is InChI=1S/C18H36N2O/c1-5-6-14(11-12-19)13-20-17(21)15-7-9-16(10-8-15)18(2,3)4/h14-16H,5-13,19H2,1-4H3,(H,20,21). The maximum absolute atomic E-state index is 12.3. The quantitative estimate of drug-likeness (QED) is 0.752. The Morgan fingerprint density at radius 3 is 2.29 bits per heavy atom. The van der Waals surface area contributed by atoms with Gasteiger partial charge >= 0.3 is 0 Å². The van der Waals surface area contributed by atoms with E-state index >= 15 is 0 Å². The number of rotatable bonds is 7. The fourth-order valence-electron chi connectivity index (χ4n) is 3.60. The molecular formula is C18H36N2O. The van der Waals surface area contributed by atoms with Crippen LogP contribution in [0.4, 0.5) is 0 Å². The average Bonchev–Trinajstić information content (AvgIpc) is 2.44. The average molecular weight is 296 g/mol. The summed E-state index contributed by atoms with van der Waals surface area (Å²) < 4.78 is 0. The van der Waals surface area contributed by atoms with Gasteiger partial charge in [-0.15, -0.1) is 0 Å². The second kappa shape index (κ2) is 8.77. The Morgan fingerprint density at radius 2 is 1.81 bits per heavy atom. The van der Waals surface area contributed by atoms with Gasteiger partial charge in [0.2, 0.25) is 5.91 Å². The highest BCUT2D eigenvalue weighted by molar-refractivity contribution is 5.78. The zero-order valence-electron chi connectivity index (χ0n) is 14.6. The smallest absolute Gasteiger partial charge is 0.223 e. The van der Waals surface area contributed by atoms with Crippen molar-refractivity contribution >= 4 is 5.91 Å². The predicted octanol–water partition coefficient (Wildman–Crippen LogP) is 3.72. The summed E-state index contributed by atoms with van der Waals surface area (Å²) in [6, 6.07) is 0. The van der Waals surface area contributed by atoms with Gasteiger partial charge in [-0.2, -0.15) is 0 Å². The van der Waals surface area contributed by atoms with E-state index in [-0.39, 0.29) is 11.8 Å². The number of carbonyl (C=O) groups excluding carboxylic acids is 1. The first-order valence-electron chi connectivity index (χ1n) is 8.86. The van der Waals surface area contributed by atoms with Crippen molar-refractivity contribution in [2.45, 2.75) is 72.6 Å². The molecule has 1 amide bonds. The van der Waals surface area contributed by atoms with Gasteiger partial charge in [0.15, 0.2) is 0 Å². The van der Waals surface area contributed by atoms with Crippen LogP contribution in [0, 0.1) is 23.2 Å². The fourth-order valence-corrected chi connectivity index (χ4v) is 3.60. The van der Waals surface area contributed by atoms with Crippen molar-refractivity contribution in [1.29, 1.82) is 0 Å². The molecule has 0 aromatic carbocycles. The molecule has 1 saturated carbocycles. The highest BCUT2D eigenvalue weighted by atomic mass is 16.1. The summed E-state index contributed by atoms with van der Waals surface area (Å²) in [6.07, 6.45) is 7.86. The van der Waals surface area contributed by atoms with E-state index < -0.39 is 0 Å². The number of carbonyl (C=O) groups is 1. The normalized spacial score (nSPS) is 24.6. The molecule has 0 aliphatic heterocycles. The van der Waals surface area contributed by atoms with Crippen molar-refractivity contribution in [3.8, 4) is 0 Å². The molecule has 0 aromatic heterocycles. The van der Waals surface area contributed by atoms with Crippen LogP contribution in [0.15, 0.2) is 0 Å². The topological polar surface area (TPSA) is 55.1 Å². The molecule has 3 nitrogen and oxygen atoms in total. The maximum Gasteiger partial charge on any atom is 0.223 e. The summed E-state index contributed by atoms with van der Waals surface area (Å²) in [5.74, 6) is 1.84. The lowest BCUT2D eigenvalue weighted by molar-refractivity contribution is -0.126. The van der Waals surface area contributed by atoms with Crippen molar-refractivity contribution in [2.75, 3.05) is 13.1 Å². The summed E-state index contributed by atoms with van der Waals surface area (Å²) in [6.45, 7) is 10.7. The number of nitrogens with one attached hydrogen (secondary N) is 1. The molecule has 1 aliphatic carbocycles. The molecule has 0 radical (unpaired) electrons. The summed E-state index contributed by atoms with van der Waals surface area (Å²) in [7, 11) is 0. The minimum Gasteiger partial charge on any atom is -0.356 e. The van der Waals surface area contributed by atoms with Gasteiger partial charge < -0.3 is 11.1 Å². The Kier molecular flexibility index (Phi) is 7.72. The van der Waals surface area contributed by atoms with Gasteiger partial charge in [-0.05, 0) is 62.3 Å². The third kappa shape index (κ3) is 6.37. The van der Waals surface area contributed by atoms with E-state index in [2.05, 4.69) is 33.0 Å². The van der Waals surface area contributed by atoms with Crippen LogP contribution >= 0.6 is 0 Å². The number of nitrogens with two attached hydrogens (primary N) is 1. The summed E-state index contributed by atoms with van der Waals surface area (Å²) in [5, 5.41) is 3.18. The molecule has 3 N–H and O–H groups in total. The third-order valence-corrected chi connectivity index (χ3v) is 5.16. The van der Waals surface area contributed by atoms with Crippen LogP contribution in [0.3, 0.4) is 0 Å². The molecule has 1 atom stereocenters. The zero-order chi connectivity index (χ0) is 15.9. The highest BCUT2D eigenvalue weighted by Gasteiger charge is 2.32.